The van der Waals surface area contributed by atoms with Gasteiger partial charge in [-0.1, -0.05) is 36.4 Å². The van der Waals surface area contributed by atoms with Gasteiger partial charge in [-0.05, 0) is 17.7 Å². The SMILES string of the molecule is c1ccc(CSc2cncc(NCCc3ccccn3)n2)cc1. The van der Waals surface area contributed by atoms with Crippen molar-refractivity contribution in [2.45, 2.75) is 17.2 Å². The third-order valence-electron chi connectivity index (χ3n) is 3.26. The quantitative estimate of drug-likeness (QED) is 0.670. The molecule has 0 aliphatic rings. The Balaban J connectivity index is 1.51. The summed E-state index contributed by atoms with van der Waals surface area (Å²) in [5.41, 5.74) is 2.36. The van der Waals surface area contributed by atoms with Crippen LogP contribution in [0, 0.1) is 0 Å². The number of anilines is 1. The van der Waals surface area contributed by atoms with E-state index in [4.69, 9.17) is 0 Å². The first-order chi connectivity index (χ1) is 11.4. The predicted molar refractivity (Wildman–Crippen MR) is 94.5 cm³/mol. The van der Waals surface area contributed by atoms with Crippen LogP contribution in [0.2, 0.25) is 0 Å². The van der Waals surface area contributed by atoms with Gasteiger partial charge in [-0.15, -0.1) is 11.8 Å². The molecule has 0 bridgehead atoms. The summed E-state index contributed by atoms with van der Waals surface area (Å²) < 4.78 is 0. The smallest absolute Gasteiger partial charge is 0.145 e. The van der Waals surface area contributed by atoms with Crippen LogP contribution < -0.4 is 5.32 Å². The Kier molecular flexibility index (Phi) is 5.58. The molecule has 3 aromatic rings. The molecule has 2 aromatic heterocycles. The maximum atomic E-state index is 4.59. The van der Waals surface area contributed by atoms with Crippen molar-refractivity contribution < 1.29 is 0 Å². The Morgan fingerprint density at radius 3 is 2.65 bits per heavy atom. The normalized spacial score (nSPS) is 10.4. The van der Waals surface area contributed by atoms with Crippen LogP contribution in [-0.2, 0) is 12.2 Å². The molecule has 0 radical (unpaired) electrons. The minimum atomic E-state index is 0.790. The summed E-state index contributed by atoms with van der Waals surface area (Å²) in [6, 6.07) is 16.3. The summed E-state index contributed by atoms with van der Waals surface area (Å²) in [6.45, 7) is 0.790. The van der Waals surface area contributed by atoms with Crippen molar-refractivity contribution in [2.24, 2.45) is 0 Å². The maximum Gasteiger partial charge on any atom is 0.145 e. The van der Waals surface area contributed by atoms with Crippen LogP contribution in [0.4, 0.5) is 5.82 Å². The topological polar surface area (TPSA) is 50.7 Å². The Morgan fingerprint density at radius 2 is 1.83 bits per heavy atom. The van der Waals surface area contributed by atoms with E-state index in [1.807, 2.05) is 30.5 Å². The van der Waals surface area contributed by atoms with Crippen molar-refractivity contribution in [1.82, 2.24) is 15.0 Å². The van der Waals surface area contributed by atoms with E-state index in [-0.39, 0.29) is 0 Å². The molecule has 1 N–H and O–H groups in total. The molecule has 0 saturated heterocycles. The molecule has 0 aliphatic heterocycles. The van der Waals surface area contributed by atoms with E-state index in [1.54, 1.807) is 24.2 Å². The molecule has 0 fully saturated rings. The predicted octanol–water partition coefficient (Wildman–Crippen LogP) is 3.82. The average molecular weight is 322 g/mol. The average Bonchev–Trinajstić information content (AvgIpc) is 2.62. The van der Waals surface area contributed by atoms with Gasteiger partial charge in [0, 0.05) is 30.6 Å². The van der Waals surface area contributed by atoms with E-state index in [1.165, 1.54) is 5.56 Å². The molecule has 3 rings (SSSR count). The highest BCUT2D eigenvalue weighted by molar-refractivity contribution is 7.98. The van der Waals surface area contributed by atoms with Crippen molar-refractivity contribution in [3.63, 3.8) is 0 Å². The van der Waals surface area contributed by atoms with E-state index in [0.29, 0.717) is 0 Å². The zero-order chi connectivity index (χ0) is 15.7. The highest BCUT2D eigenvalue weighted by Crippen LogP contribution is 2.21. The van der Waals surface area contributed by atoms with Gasteiger partial charge in [-0.25, -0.2) is 4.98 Å². The number of nitrogens with zero attached hydrogens (tertiary/aromatic N) is 3. The van der Waals surface area contributed by atoms with Crippen LogP contribution in [0.5, 0.6) is 0 Å². The molecule has 23 heavy (non-hydrogen) atoms. The summed E-state index contributed by atoms with van der Waals surface area (Å²) >= 11 is 1.69. The molecule has 5 heteroatoms. The first-order valence-corrected chi connectivity index (χ1v) is 8.51. The highest BCUT2D eigenvalue weighted by Gasteiger charge is 2.01. The molecular weight excluding hydrogens is 304 g/mol. The maximum absolute atomic E-state index is 4.59. The number of thioether (sulfide) groups is 1. The molecule has 1 aromatic carbocycles. The lowest BCUT2D eigenvalue weighted by Crippen LogP contribution is -2.07. The third kappa shape index (κ3) is 5.07. The number of nitrogens with one attached hydrogen (secondary N) is 1. The van der Waals surface area contributed by atoms with Crippen LogP contribution in [0.3, 0.4) is 0 Å². The Labute approximate surface area is 140 Å². The molecule has 116 valence electrons. The molecule has 0 amide bonds. The van der Waals surface area contributed by atoms with Gasteiger partial charge in [-0.2, -0.15) is 0 Å². The molecule has 0 unspecified atom stereocenters. The van der Waals surface area contributed by atoms with Gasteiger partial charge in [0.05, 0.1) is 12.4 Å². The second-order valence-corrected chi connectivity index (χ2v) is 6.01. The fraction of sp³-hybridized carbons (Fsp3) is 0.167. The minimum Gasteiger partial charge on any atom is -0.368 e. The summed E-state index contributed by atoms with van der Waals surface area (Å²) in [6.07, 6.45) is 6.24. The molecule has 4 nitrogen and oxygen atoms in total. The number of hydrogen-bond acceptors (Lipinski definition) is 5. The lowest BCUT2D eigenvalue weighted by atomic mass is 10.2. The Bertz CT molecular complexity index is 719. The molecule has 0 saturated carbocycles. The number of rotatable bonds is 7. The van der Waals surface area contributed by atoms with Gasteiger partial charge in [0.25, 0.3) is 0 Å². The van der Waals surface area contributed by atoms with E-state index in [2.05, 4.69) is 44.5 Å². The van der Waals surface area contributed by atoms with Crippen LogP contribution in [0.25, 0.3) is 0 Å². The Hall–Kier alpha value is -2.40. The van der Waals surface area contributed by atoms with Crippen molar-refractivity contribution >= 4 is 17.6 Å². The lowest BCUT2D eigenvalue weighted by Gasteiger charge is -2.07. The second-order valence-electron chi connectivity index (χ2n) is 5.01. The van der Waals surface area contributed by atoms with Crippen molar-refractivity contribution in [3.05, 3.63) is 78.4 Å². The van der Waals surface area contributed by atoms with Gasteiger partial charge in [0.15, 0.2) is 0 Å². The highest BCUT2D eigenvalue weighted by atomic mass is 32.2. The first kappa shape index (κ1) is 15.5. The molecule has 0 atom stereocenters. The second kappa shape index (κ2) is 8.29. The number of pyridine rings is 1. The standard InChI is InChI=1S/C18H18N4S/c1-2-6-15(7-3-1)14-23-18-13-19-12-17(22-18)21-11-9-16-8-4-5-10-20-16/h1-8,10,12-13H,9,11,14H2,(H,21,22). The molecule has 0 spiro atoms. The summed E-state index contributed by atoms with van der Waals surface area (Å²) in [5.74, 6) is 1.70. The van der Waals surface area contributed by atoms with Crippen molar-refractivity contribution in [2.75, 3.05) is 11.9 Å². The molecular formula is C18H18N4S. The summed E-state index contributed by atoms with van der Waals surface area (Å²) in [4.78, 5) is 13.2. The molecule has 2 heterocycles. The zero-order valence-electron chi connectivity index (χ0n) is 12.7. The van der Waals surface area contributed by atoms with Gasteiger partial charge >= 0.3 is 0 Å². The Morgan fingerprint density at radius 1 is 0.957 bits per heavy atom. The minimum absolute atomic E-state index is 0.790. The summed E-state index contributed by atoms with van der Waals surface area (Å²) in [5, 5.41) is 4.23. The van der Waals surface area contributed by atoms with Gasteiger partial charge in [-0.3, -0.25) is 9.97 Å². The van der Waals surface area contributed by atoms with Crippen LogP contribution in [0.15, 0.2) is 72.1 Å². The first-order valence-electron chi connectivity index (χ1n) is 7.53. The van der Waals surface area contributed by atoms with Gasteiger partial charge < -0.3 is 5.32 Å². The fourth-order valence-corrected chi connectivity index (χ4v) is 2.90. The third-order valence-corrected chi connectivity index (χ3v) is 4.23. The van der Waals surface area contributed by atoms with Crippen molar-refractivity contribution in [1.29, 1.82) is 0 Å². The van der Waals surface area contributed by atoms with E-state index in [0.717, 1.165) is 35.3 Å². The largest absolute Gasteiger partial charge is 0.368 e. The van der Waals surface area contributed by atoms with Crippen molar-refractivity contribution in [3.8, 4) is 0 Å². The lowest BCUT2D eigenvalue weighted by molar-refractivity contribution is 0.939. The van der Waals surface area contributed by atoms with Crippen LogP contribution in [0.1, 0.15) is 11.3 Å². The van der Waals surface area contributed by atoms with E-state index >= 15 is 0 Å². The monoisotopic (exact) mass is 322 g/mol. The number of benzene rings is 1. The van der Waals surface area contributed by atoms with E-state index < -0.39 is 0 Å². The fourth-order valence-electron chi connectivity index (χ4n) is 2.10. The van der Waals surface area contributed by atoms with Crippen LogP contribution >= 0.6 is 11.8 Å². The number of aromatic nitrogens is 3. The molecule has 0 aliphatic carbocycles. The van der Waals surface area contributed by atoms with E-state index in [9.17, 15) is 0 Å². The van der Waals surface area contributed by atoms with Gasteiger partial charge in [0.2, 0.25) is 0 Å². The zero-order valence-corrected chi connectivity index (χ0v) is 13.5. The van der Waals surface area contributed by atoms with Gasteiger partial charge in [0.1, 0.15) is 10.8 Å². The number of hydrogen-bond donors (Lipinski definition) is 1. The van der Waals surface area contributed by atoms with Crippen LogP contribution in [-0.4, -0.2) is 21.5 Å². The summed E-state index contributed by atoms with van der Waals surface area (Å²) in [7, 11) is 0.